The Hall–Kier alpha value is -1.80. The molecule has 2 aromatic rings. The first-order valence-electron chi connectivity index (χ1n) is 6.66. The zero-order valence-corrected chi connectivity index (χ0v) is 11.5. The zero-order chi connectivity index (χ0) is 13.7. The van der Waals surface area contributed by atoms with Crippen molar-refractivity contribution in [2.75, 3.05) is 0 Å². The van der Waals surface area contributed by atoms with E-state index < -0.39 is 6.10 Å². The molecule has 0 aromatic heterocycles. The van der Waals surface area contributed by atoms with Gasteiger partial charge in [0.25, 0.3) is 0 Å². The van der Waals surface area contributed by atoms with E-state index in [4.69, 9.17) is 4.74 Å². The fraction of sp³-hybridized carbons (Fsp3) is 0.294. The molecule has 2 nitrogen and oxygen atoms in total. The first kappa shape index (κ1) is 13.6. The molecule has 1 N–H and O–H groups in total. The van der Waals surface area contributed by atoms with E-state index in [0.717, 1.165) is 11.3 Å². The Morgan fingerprint density at radius 3 is 2.47 bits per heavy atom. The molecular formula is C17H20O2. The summed E-state index contributed by atoms with van der Waals surface area (Å²) in [6, 6.07) is 15.9. The lowest BCUT2D eigenvalue weighted by molar-refractivity contribution is 0.166. The van der Waals surface area contributed by atoms with E-state index >= 15 is 0 Å². The number of aliphatic hydroxyl groups excluding tert-OH is 1. The molecule has 1 atom stereocenters. The van der Waals surface area contributed by atoms with E-state index in [0.29, 0.717) is 13.0 Å². The number of para-hydroxylation sites is 1. The third kappa shape index (κ3) is 3.36. The first-order chi connectivity index (χ1) is 9.22. The van der Waals surface area contributed by atoms with Crippen molar-refractivity contribution < 1.29 is 9.84 Å². The van der Waals surface area contributed by atoms with Gasteiger partial charge in [0.1, 0.15) is 12.4 Å². The number of hydrogen-bond acceptors (Lipinski definition) is 2. The Morgan fingerprint density at radius 2 is 1.74 bits per heavy atom. The largest absolute Gasteiger partial charge is 0.489 e. The third-order valence-electron chi connectivity index (χ3n) is 3.31. The van der Waals surface area contributed by atoms with Crippen LogP contribution in [0.4, 0.5) is 0 Å². The van der Waals surface area contributed by atoms with Gasteiger partial charge in [0.15, 0.2) is 0 Å². The molecule has 0 aliphatic rings. The zero-order valence-electron chi connectivity index (χ0n) is 11.5. The summed E-state index contributed by atoms with van der Waals surface area (Å²) >= 11 is 0. The number of rotatable bonds is 5. The van der Waals surface area contributed by atoms with Gasteiger partial charge in [-0.25, -0.2) is 0 Å². The van der Waals surface area contributed by atoms with Crippen molar-refractivity contribution in [2.45, 2.75) is 33.0 Å². The van der Waals surface area contributed by atoms with Crippen LogP contribution in [-0.2, 0) is 6.61 Å². The van der Waals surface area contributed by atoms with Crippen LogP contribution in [0.1, 0.15) is 36.1 Å². The van der Waals surface area contributed by atoms with Gasteiger partial charge in [0.2, 0.25) is 0 Å². The van der Waals surface area contributed by atoms with Gasteiger partial charge in [-0.3, -0.25) is 0 Å². The van der Waals surface area contributed by atoms with Crippen molar-refractivity contribution in [3.8, 4) is 5.75 Å². The third-order valence-corrected chi connectivity index (χ3v) is 3.31. The number of ether oxygens (including phenoxy) is 1. The predicted octanol–water partition coefficient (Wildman–Crippen LogP) is 4.02. The highest BCUT2D eigenvalue weighted by Crippen LogP contribution is 2.27. The standard InChI is InChI=1S/C17H20O2/c1-3-16(18)15-10-6-7-11-17(15)19-12-14-9-5-4-8-13(14)2/h4-11,16,18H,3,12H2,1-2H3/t16-/m0/s1. The van der Waals surface area contributed by atoms with Gasteiger partial charge in [-0.05, 0) is 30.5 Å². The molecule has 0 unspecified atom stereocenters. The van der Waals surface area contributed by atoms with Gasteiger partial charge >= 0.3 is 0 Å². The minimum atomic E-state index is -0.465. The molecule has 19 heavy (non-hydrogen) atoms. The van der Waals surface area contributed by atoms with Crippen molar-refractivity contribution in [3.63, 3.8) is 0 Å². The number of hydrogen-bond donors (Lipinski definition) is 1. The average molecular weight is 256 g/mol. The number of aliphatic hydroxyl groups is 1. The lowest BCUT2D eigenvalue weighted by Gasteiger charge is -2.15. The summed E-state index contributed by atoms with van der Waals surface area (Å²) in [5, 5.41) is 9.98. The van der Waals surface area contributed by atoms with Crippen LogP contribution in [0, 0.1) is 6.92 Å². The Bertz CT molecular complexity index is 534. The van der Waals surface area contributed by atoms with Gasteiger partial charge in [-0.15, -0.1) is 0 Å². The van der Waals surface area contributed by atoms with E-state index in [1.807, 2.05) is 43.3 Å². The van der Waals surface area contributed by atoms with E-state index in [1.165, 1.54) is 11.1 Å². The van der Waals surface area contributed by atoms with Crippen molar-refractivity contribution in [1.29, 1.82) is 0 Å². The smallest absolute Gasteiger partial charge is 0.125 e. The molecule has 0 bridgehead atoms. The van der Waals surface area contributed by atoms with Crippen LogP contribution in [0.5, 0.6) is 5.75 Å². The molecule has 100 valence electrons. The van der Waals surface area contributed by atoms with Gasteiger partial charge in [0.05, 0.1) is 6.10 Å². The van der Waals surface area contributed by atoms with Crippen molar-refractivity contribution in [2.24, 2.45) is 0 Å². The maximum absolute atomic E-state index is 9.98. The second-order valence-corrected chi connectivity index (χ2v) is 4.68. The summed E-state index contributed by atoms with van der Waals surface area (Å²) in [6.07, 6.45) is 0.221. The molecule has 0 fully saturated rings. The van der Waals surface area contributed by atoms with Crippen LogP contribution < -0.4 is 4.74 Å². The Kier molecular flexibility index (Phi) is 4.58. The fourth-order valence-corrected chi connectivity index (χ4v) is 2.03. The molecule has 0 spiro atoms. The van der Waals surface area contributed by atoms with Crippen molar-refractivity contribution >= 4 is 0 Å². The highest BCUT2D eigenvalue weighted by Gasteiger charge is 2.11. The molecule has 2 rings (SSSR count). The van der Waals surface area contributed by atoms with Crippen molar-refractivity contribution in [3.05, 3.63) is 65.2 Å². The fourth-order valence-electron chi connectivity index (χ4n) is 2.03. The molecule has 2 heteroatoms. The SMILES string of the molecule is CC[C@H](O)c1ccccc1OCc1ccccc1C. The van der Waals surface area contributed by atoms with Gasteiger partial charge < -0.3 is 9.84 Å². The average Bonchev–Trinajstić information content (AvgIpc) is 2.46. The monoisotopic (exact) mass is 256 g/mol. The summed E-state index contributed by atoms with van der Waals surface area (Å²) in [6.45, 7) is 4.56. The van der Waals surface area contributed by atoms with Crippen LogP contribution >= 0.6 is 0 Å². The quantitative estimate of drug-likeness (QED) is 0.875. The van der Waals surface area contributed by atoms with Crippen LogP contribution in [-0.4, -0.2) is 5.11 Å². The van der Waals surface area contributed by atoms with Crippen LogP contribution in [0.15, 0.2) is 48.5 Å². The van der Waals surface area contributed by atoms with E-state index in [1.54, 1.807) is 0 Å². The summed E-state index contributed by atoms with van der Waals surface area (Å²) in [7, 11) is 0. The lowest BCUT2D eigenvalue weighted by atomic mass is 10.1. The van der Waals surface area contributed by atoms with Gasteiger partial charge in [-0.1, -0.05) is 49.4 Å². The Labute approximate surface area is 114 Å². The maximum Gasteiger partial charge on any atom is 0.125 e. The van der Waals surface area contributed by atoms with Gasteiger partial charge in [0, 0.05) is 5.56 Å². The van der Waals surface area contributed by atoms with Crippen LogP contribution in [0.3, 0.4) is 0 Å². The van der Waals surface area contributed by atoms with Crippen LogP contribution in [0.25, 0.3) is 0 Å². The molecule has 0 aliphatic heterocycles. The molecule has 2 aromatic carbocycles. The molecule has 0 amide bonds. The minimum Gasteiger partial charge on any atom is -0.489 e. The van der Waals surface area contributed by atoms with E-state index in [9.17, 15) is 5.11 Å². The molecular weight excluding hydrogens is 236 g/mol. The highest BCUT2D eigenvalue weighted by atomic mass is 16.5. The normalized spacial score (nSPS) is 12.2. The summed E-state index contributed by atoms with van der Waals surface area (Å²) < 4.78 is 5.87. The van der Waals surface area contributed by atoms with Crippen molar-refractivity contribution in [1.82, 2.24) is 0 Å². The molecule has 0 radical (unpaired) electrons. The predicted molar refractivity (Wildman–Crippen MR) is 77.2 cm³/mol. The highest BCUT2D eigenvalue weighted by molar-refractivity contribution is 5.35. The van der Waals surface area contributed by atoms with Crippen LogP contribution in [0.2, 0.25) is 0 Å². The Morgan fingerprint density at radius 1 is 1.05 bits per heavy atom. The van der Waals surface area contributed by atoms with E-state index in [-0.39, 0.29) is 0 Å². The van der Waals surface area contributed by atoms with Gasteiger partial charge in [-0.2, -0.15) is 0 Å². The molecule has 0 aliphatic carbocycles. The maximum atomic E-state index is 9.98. The first-order valence-corrected chi connectivity index (χ1v) is 6.66. The lowest BCUT2D eigenvalue weighted by Crippen LogP contribution is -2.03. The molecule has 0 saturated carbocycles. The second-order valence-electron chi connectivity index (χ2n) is 4.68. The summed E-state index contributed by atoms with van der Waals surface area (Å²) in [5.41, 5.74) is 3.25. The topological polar surface area (TPSA) is 29.5 Å². The van der Waals surface area contributed by atoms with E-state index in [2.05, 4.69) is 19.1 Å². The summed E-state index contributed by atoms with van der Waals surface area (Å²) in [5.74, 6) is 0.764. The molecule has 0 saturated heterocycles. The number of aryl methyl sites for hydroxylation is 1. The summed E-state index contributed by atoms with van der Waals surface area (Å²) in [4.78, 5) is 0. The number of benzene rings is 2. The molecule has 0 heterocycles. The second kappa shape index (κ2) is 6.39. The minimum absolute atomic E-state index is 0.465. The Balaban J connectivity index is 2.14.